The van der Waals surface area contributed by atoms with E-state index >= 15 is 0 Å². The van der Waals surface area contributed by atoms with E-state index in [9.17, 15) is 9.18 Å². The van der Waals surface area contributed by atoms with Crippen LogP contribution in [-0.4, -0.2) is 68.2 Å². The summed E-state index contributed by atoms with van der Waals surface area (Å²) in [6.45, 7) is 5.80. The summed E-state index contributed by atoms with van der Waals surface area (Å²) in [4.78, 5) is 17.0. The number of hydrogen-bond donors (Lipinski definition) is 1. The monoisotopic (exact) mass is 307 g/mol. The molecule has 0 spiro atoms. The van der Waals surface area contributed by atoms with E-state index in [-0.39, 0.29) is 17.8 Å². The number of rotatable bonds is 3. The molecule has 0 saturated carbocycles. The quantitative estimate of drug-likeness (QED) is 0.890. The zero-order valence-electron chi connectivity index (χ0n) is 12.6. The Bertz CT molecular complexity index is 497. The molecule has 1 aromatic carbocycles. The van der Waals surface area contributed by atoms with Crippen molar-refractivity contribution in [1.82, 2.24) is 15.1 Å². The van der Waals surface area contributed by atoms with Gasteiger partial charge in [0.2, 0.25) is 5.91 Å². The SMILES string of the molecule is O=C(C(c1ccc(F)cc1)N1CCOCC1)N1CCNCC1. The third-order valence-corrected chi connectivity index (χ3v) is 4.26. The number of nitrogens with zero attached hydrogens (tertiary/aromatic N) is 2. The van der Waals surface area contributed by atoms with E-state index < -0.39 is 0 Å². The number of benzene rings is 1. The first-order chi connectivity index (χ1) is 10.8. The molecule has 1 amide bonds. The maximum absolute atomic E-state index is 13.2. The van der Waals surface area contributed by atoms with Crippen LogP contribution in [0.4, 0.5) is 4.39 Å². The number of carbonyl (C=O) groups excluding carboxylic acids is 1. The number of amides is 1. The second-order valence-electron chi connectivity index (χ2n) is 5.68. The van der Waals surface area contributed by atoms with Gasteiger partial charge in [-0.05, 0) is 17.7 Å². The number of hydrogen-bond acceptors (Lipinski definition) is 4. The summed E-state index contributed by atoms with van der Waals surface area (Å²) < 4.78 is 18.6. The maximum atomic E-state index is 13.2. The largest absolute Gasteiger partial charge is 0.379 e. The Morgan fingerprint density at radius 1 is 1.09 bits per heavy atom. The van der Waals surface area contributed by atoms with Gasteiger partial charge in [-0.3, -0.25) is 9.69 Å². The molecule has 5 nitrogen and oxygen atoms in total. The molecule has 120 valence electrons. The number of halogens is 1. The number of carbonyl (C=O) groups is 1. The van der Waals surface area contributed by atoms with Crippen molar-refractivity contribution in [2.24, 2.45) is 0 Å². The van der Waals surface area contributed by atoms with Gasteiger partial charge in [-0.15, -0.1) is 0 Å². The van der Waals surface area contributed by atoms with Gasteiger partial charge in [0, 0.05) is 39.3 Å². The molecule has 2 saturated heterocycles. The van der Waals surface area contributed by atoms with Crippen molar-refractivity contribution in [3.05, 3.63) is 35.6 Å². The summed E-state index contributed by atoms with van der Waals surface area (Å²) in [5.41, 5.74) is 0.854. The topological polar surface area (TPSA) is 44.8 Å². The van der Waals surface area contributed by atoms with Crippen molar-refractivity contribution in [2.45, 2.75) is 6.04 Å². The van der Waals surface area contributed by atoms with Crippen LogP contribution in [0.2, 0.25) is 0 Å². The van der Waals surface area contributed by atoms with Crippen LogP contribution in [0.5, 0.6) is 0 Å². The molecule has 22 heavy (non-hydrogen) atoms. The summed E-state index contributed by atoms with van der Waals surface area (Å²) in [6.07, 6.45) is 0. The molecule has 2 heterocycles. The van der Waals surface area contributed by atoms with E-state index in [0.717, 1.165) is 44.8 Å². The number of piperazine rings is 1. The molecular formula is C16H22FN3O2. The lowest BCUT2D eigenvalue weighted by molar-refractivity contribution is -0.139. The molecule has 2 aliphatic rings. The molecule has 0 bridgehead atoms. The smallest absolute Gasteiger partial charge is 0.244 e. The van der Waals surface area contributed by atoms with Crippen molar-refractivity contribution in [2.75, 3.05) is 52.5 Å². The summed E-state index contributed by atoms with van der Waals surface area (Å²) >= 11 is 0. The molecule has 6 heteroatoms. The molecule has 2 aliphatic heterocycles. The Kier molecular flexibility index (Phi) is 5.02. The van der Waals surface area contributed by atoms with Crippen LogP contribution < -0.4 is 5.32 Å². The predicted molar refractivity (Wildman–Crippen MR) is 81.0 cm³/mol. The zero-order chi connectivity index (χ0) is 15.4. The van der Waals surface area contributed by atoms with Crippen LogP contribution in [0.15, 0.2) is 24.3 Å². The first kappa shape index (κ1) is 15.4. The molecule has 1 aromatic rings. The van der Waals surface area contributed by atoms with Crippen LogP contribution in [-0.2, 0) is 9.53 Å². The Morgan fingerprint density at radius 2 is 1.73 bits per heavy atom. The van der Waals surface area contributed by atoms with E-state index in [4.69, 9.17) is 4.74 Å². The summed E-state index contributed by atoms with van der Waals surface area (Å²) in [5, 5.41) is 3.26. The number of nitrogens with one attached hydrogen (secondary N) is 1. The third-order valence-electron chi connectivity index (χ3n) is 4.26. The van der Waals surface area contributed by atoms with Gasteiger partial charge in [0.25, 0.3) is 0 Å². The van der Waals surface area contributed by atoms with Gasteiger partial charge in [-0.1, -0.05) is 12.1 Å². The minimum atomic E-state index is -0.345. The Hall–Kier alpha value is -1.50. The lowest BCUT2D eigenvalue weighted by Crippen LogP contribution is -2.52. The average Bonchev–Trinajstić information content (AvgIpc) is 2.58. The normalized spacial score (nSPS) is 21.6. The average molecular weight is 307 g/mol. The van der Waals surface area contributed by atoms with Crippen LogP contribution in [0.1, 0.15) is 11.6 Å². The first-order valence-corrected chi connectivity index (χ1v) is 7.82. The lowest BCUT2D eigenvalue weighted by Gasteiger charge is -2.38. The molecule has 0 radical (unpaired) electrons. The van der Waals surface area contributed by atoms with Crippen LogP contribution in [0.25, 0.3) is 0 Å². The molecule has 1 atom stereocenters. The van der Waals surface area contributed by atoms with Gasteiger partial charge in [0.1, 0.15) is 11.9 Å². The Morgan fingerprint density at radius 3 is 2.36 bits per heavy atom. The minimum absolute atomic E-state index is 0.106. The Labute approximate surface area is 130 Å². The third kappa shape index (κ3) is 3.45. The van der Waals surface area contributed by atoms with Crippen molar-refractivity contribution in [3.8, 4) is 0 Å². The number of morpholine rings is 1. The maximum Gasteiger partial charge on any atom is 0.244 e. The van der Waals surface area contributed by atoms with E-state index in [1.807, 2.05) is 4.90 Å². The highest BCUT2D eigenvalue weighted by Crippen LogP contribution is 2.25. The standard InChI is InChI=1S/C16H22FN3O2/c17-14-3-1-13(2-4-14)15(19-9-11-22-12-10-19)16(21)20-7-5-18-6-8-20/h1-4,15,18H,5-12H2. The molecule has 1 N–H and O–H groups in total. The van der Waals surface area contributed by atoms with Crippen molar-refractivity contribution < 1.29 is 13.9 Å². The van der Waals surface area contributed by atoms with Crippen molar-refractivity contribution >= 4 is 5.91 Å². The van der Waals surface area contributed by atoms with Gasteiger partial charge in [0.05, 0.1) is 13.2 Å². The number of ether oxygens (including phenoxy) is 1. The highest BCUT2D eigenvalue weighted by molar-refractivity contribution is 5.83. The second-order valence-corrected chi connectivity index (χ2v) is 5.68. The molecule has 3 rings (SSSR count). The van der Waals surface area contributed by atoms with Gasteiger partial charge >= 0.3 is 0 Å². The summed E-state index contributed by atoms with van der Waals surface area (Å²) in [5.74, 6) is -0.172. The fourth-order valence-electron chi connectivity index (χ4n) is 3.05. The predicted octanol–water partition coefficient (Wildman–Crippen LogP) is 0.631. The fraction of sp³-hybridized carbons (Fsp3) is 0.562. The zero-order valence-corrected chi connectivity index (χ0v) is 12.6. The van der Waals surface area contributed by atoms with Crippen LogP contribution in [0, 0.1) is 5.82 Å². The minimum Gasteiger partial charge on any atom is -0.379 e. The molecular weight excluding hydrogens is 285 g/mol. The Balaban J connectivity index is 1.84. The van der Waals surface area contributed by atoms with E-state index in [2.05, 4.69) is 10.2 Å². The van der Waals surface area contributed by atoms with Crippen LogP contribution >= 0.6 is 0 Å². The first-order valence-electron chi connectivity index (χ1n) is 7.82. The van der Waals surface area contributed by atoms with Gasteiger partial charge in [-0.25, -0.2) is 4.39 Å². The summed E-state index contributed by atoms with van der Waals surface area (Å²) in [6, 6.07) is 5.94. The summed E-state index contributed by atoms with van der Waals surface area (Å²) in [7, 11) is 0. The fourth-order valence-corrected chi connectivity index (χ4v) is 3.05. The van der Waals surface area contributed by atoms with E-state index in [1.54, 1.807) is 12.1 Å². The second kappa shape index (κ2) is 7.17. The van der Waals surface area contributed by atoms with Crippen molar-refractivity contribution in [3.63, 3.8) is 0 Å². The molecule has 0 aromatic heterocycles. The lowest BCUT2D eigenvalue weighted by atomic mass is 10.0. The van der Waals surface area contributed by atoms with Gasteiger partial charge in [-0.2, -0.15) is 0 Å². The van der Waals surface area contributed by atoms with Crippen LogP contribution in [0.3, 0.4) is 0 Å². The highest BCUT2D eigenvalue weighted by Gasteiger charge is 2.32. The molecule has 2 fully saturated rings. The van der Waals surface area contributed by atoms with E-state index in [0.29, 0.717) is 13.2 Å². The van der Waals surface area contributed by atoms with Gasteiger partial charge in [0.15, 0.2) is 0 Å². The van der Waals surface area contributed by atoms with Gasteiger partial charge < -0.3 is 15.0 Å². The molecule has 0 aliphatic carbocycles. The highest BCUT2D eigenvalue weighted by atomic mass is 19.1. The van der Waals surface area contributed by atoms with E-state index in [1.165, 1.54) is 12.1 Å². The van der Waals surface area contributed by atoms with Crippen molar-refractivity contribution in [1.29, 1.82) is 0 Å². The molecule has 1 unspecified atom stereocenters.